The molecule has 0 radical (unpaired) electrons. The van der Waals surface area contributed by atoms with Crippen molar-refractivity contribution in [3.63, 3.8) is 0 Å². The standard InChI is InChI=1S/C20H26N4O2/c1-14-4-6-17(7-5-14)18-12-19(22-21-18)20(26)24-10-8-16(9-11-24)13-23(3)15(2)25/h4-7,12,16H,8-11,13H2,1-3H3,(H,21,22). The van der Waals surface area contributed by atoms with Gasteiger partial charge in [-0.25, -0.2) is 0 Å². The minimum Gasteiger partial charge on any atom is -0.346 e. The van der Waals surface area contributed by atoms with Gasteiger partial charge in [0.15, 0.2) is 0 Å². The number of hydrogen-bond donors (Lipinski definition) is 1. The SMILES string of the molecule is CC(=O)N(C)CC1CCN(C(=O)c2cc(-c3ccc(C)cc3)n[nH]2)CC1. The molecule has 1 aromatic heterocycles. The van der Waals surface area contributed by atoms with Gasteiger partial charge in [-0.05, 0) is 31.7 Å². The van der Waals surface area contributed by atoms with Crippen molar-refractivity contribution in [3.05, 3.63) is 41.6 Å². The summed E-state index contributed by atoms with van der Waals surface area (Å²) >= 11 is 0. The number of piperidine rings is 1. The summed E-state index contributed by atoms with van der Waals surface area (Å²) in [5.74, 6) is 0.539. The van der Waals surface area contributed by atoms with E-state index in [0.29, 0.717) is 24.7 Å². The predicted molar refractivity (Wildman–Crippen MR) is 101 cm³/mol. The molecule has 3 rings (SSSR count). The Morgan fingerprint density at radius 1 is 1.23 bits per heavy atom. The highest BCUT2D eigenvalue weighted by Crippen LogP contribution is 2.22. The fraction of sp³-hybridized carbons (Fsp3) is 0.450. The number of aromatic amines is 1. The number of nitrogens with zero attached hydrogens (tertiary/aromatic N) is 3. The number of aromatic nitrogens is 2. The maximum Gasteiger partial charge on any atom is 0.271 e. The largest absolute Gasteiger partial charge is 0.346 e. The van der Waals surface area contributed by atoms with E-state index >= 15 is 0 Å². The number of aryl methyl sites for hydroxylation is 1. The van der Waals surface area contributed by atoms with Crippen LogP contribution in [-0.2, 0) is 4.79 Å². The van der Waals surface area contributed by atoms with E-state index in [1.165, 1.54) is 5.56 Å². The van der Waals surface area contributed by atoms with Crippen molar-refractivity contribution < 1.29 is 9.59 Å². The third-order valence-corrected chi connectivity index (χ3v) is 5.13. The van der Waals surface area contributed by atoms with Crippen LogP contribution in [0, 0.1) is 12.8 Å². The summed E-state index contributed by atoms with van der Waals surface area (Å²) in [6, 6.07) is 9.92. The maximum absolute atomic E-state index is 12.7. The van der Waals surface area contributed by atoms with Crippen molar-refractivity contribution in [3.8, 4) is 11.3 Å². The molecule has 1 saturated heterocycles. The zero-order valence-electron chi connectivity index (χ0n) is 15.7. The van der Waals surface area contributed by atoms with Crippen LogP contribution in [0.2, 0.25) is 0 Å². The van der Waals surface area contributed by atoms with Crippen molar-refractivity contribution in [1.29, 1.82) is 0 Å². The minimum absolute atomic E-state index is 0.00534. The van der Waals surface area contributed by atoms with Crippen LogP contribution in [0.15, 0.2) is 30.3 Å². The summed E-state index contributed by atoms with van der Waals surface area (Å²) in [4.78, 5) is 27.7. The molecule has 1 aromatic carbocycles. The second-order valence-electron chi connectivity index (χ2n) is 7.17. The molecule has 6 heteroatoms. The van der Waals surface area contributed by atoms with Gasteiger partial charge < -0.3 is 9.80 Å². The number of amides is 2. The van der Waals surface area contributed by atoms with Crippen molar-refractivity contribution in [2.75, 3.05) is 26.7 Å². The van der Waals surface area contributed by atoms with E-state index in [1.807, 2.05) is 49.2 Å². The molecule has 1 aliphatic rings. The molecule has 2 heterocycles. The molecule has 2 amide bonds. The molecule has 0 spiro atoms. The molecule has 0 atom stereocenters. The van der Waals surface area contributed by atoms with Gasteiger partial charge >= 0.3 is 0 Å². The number of H-pyrrole nitrogens is 1. The summed E-state index contributed by atoms with van der Waals surface area (Å²) in [6.45, 7) is 5.82. The summed E-state index contributed by atoms with van der Waals surface area (Å²) in [6.07, 6.45) is 1.84. The average molecular weight is 354 g/mol. The Bertz CT molecular complexity index is 773. The smallest absolute Gasteiger partial charge is 0.271 e. The first-order valence-corrected chi connectivity index (χ1v) is 9.07. The van der Waals surface area contributed by atoms with E-state index < -0.39 is 0 Å². The van der Waals surface area contributed by atoms with Gasteiger partial charge in [0.25, 0.3) is 5.91 Å². The van der Waals surface area contributed by atoms with Gasteiger partial charge in [0.05, 0.1) is 5.69 Å². The highest BCUT2D eigenvalue weighted by atomic mass is 16.2. The highest BCUT2D eigenvalue weighted by molar-refractivity contribution is 5.93. The van der Waals surface area contributed by atoms with E-state index in [1.54, 1.807) is 11.8 Å². The number of rotatable bonds is 4. The summed E-state index contributed by atoms with van der Waals surface area (Å²) in [7, 11) is 1.83. The number of likely N-dealkylation sites (tertiary alicyclic amines) is 1. The number of hydrogen-bond acceptors (Lipinski definition) is 3. The summed E-state index contributed by atoms with van der Waals surface area (Å²) < 4.78 is 0. The van der Waals surface area contributed by atoms with Crippen LogP contribution >= 0.6 is 0 Å². The minimum atomic E-state index is -0.00534. The third kappa shape index (κ3) is 4.12. The Morgan fingerprint density at radius 2 is 1.88 bits per heavy atom. The Kier molecular flexibility index (Phi) is 5.40. The van der Waals surface area contributed by atoms with Crippen LogP contribution in [0.1, 0.15) is 35.8 Å². The third-order valence-electron chi connectivity index (χ3n) is 5.13. The van der Waals surface area contributed by atoms with Crippen LogP contribution < -0.4 is 0 Å². The van der Waals surface area contributed by atoms with Crippen LogP contribution in [0.5, 0.6) is 0 Å². The fourth-order valence-electron chi connectivity index (χ4n) is 3.31. The normalized spacial score (nSPS) is 15.1. The second-order valence-corrected chi connectivity index (χ2v) is 7.17. The molecule has 0 bridgehead atoms. The Balaban J connectivity index is 1.59. The zero-order chi connectivity index (χ0) is 18.7. The zero-order valence-corrected chi connectivity index (χ0v) is 15.7. The number of benzene rings is 1. The highest BCUT2D eigenvalue weighted by Gasteiger charge is 2.26. The fourth-order valence-corrected chi connectivity index (χ4v) is 3.31. The molecule has 0 aliphatic carbocycles. The number of carbonyl (C=O) groups excluding carboxylic acids is 2. The van der Waals surface area contributed by atoms with Crippen molar-refractivity contribution in [2.45, 2.75) is 26.7 Å². The van der Waals surface area contributed by atoms with E-state index in [9.17, 15) is 9.59 Å². The number of nitrogens with one attached hydrogen (secondary N) is 1. The second kappa shape index (κ2) is 7.72. The Labute approximate surface area is 154 Å². The lowest BCUT2D eigenvalue weighted by atomic mass is 9.96. The van der Waals surface area contributed by atoms with E-state index in [-0.39, 0.29) is 11.8 Å². The van der Waals surface area contributed by atoms with Gasteiger partial charge in [0.1, 0.15) is 5.69 Å². The van der Waals surface area contributed by atoms with Gasteiger partial charge in [-0.3, -0.25) is 14.7 Å². The van der Waals surface area contributed by atoms with Gasteiger partial charge in [-0.2, -0.15) is 5.10 Å². The van der Waals surface area contributed by atoms with E-state index in [4.69, 9.17) is 0 Å². The van der Waals surface area contributed by atoms with Crippen molar-refractivity contribution in [2.24, 2.45) is 5.92 Å². The van der Waals surface area contributed by atoms with Crippen LogP contribution in [-0.4, -0.2) is 58.5 Å². The van der Waals surface area contributed by atoms with Gasteiger partial charge in [0.2, 0.25) is 5.91 Å². The van der Waals surface area contributed by atoms with E-state index in [2.05, 4.69) is 10.2 Å². The topological polar surface area (TPSA) is 69.3 Å². The molecule has 6 nitrogen and oxygen atoms in total. The average Bonchev–Trinajstić information content (AvgIpc) is 3.12. The van der Waals surface area contributed by atoms with Crippen molar-refractivity contribution >= 4 is 11.8 Å². The maximum atomic E-state index is 12.7. The monoisotopic (exact) mass is 354 g/mol. The van der Waals surface area contributed by atoms with Gasteiger partial charge in [-0.1, -0.05) is 29.8 Å². The molecular formula is C20H26N4O2. The van der Waals surface area contributed by atoms with E-state index in [0.717, 1.165) is 30.6 Å². The lowest BCUT2D eigenvalue weighted by Crippen LogP contribution is -2.41. The molecule has 26 heavy (non-hydrogen) atoms. The van der Waals surface area contributed by atoms with Gasteiger partial charge in [0, 0.05) is 39.2 Å². The molecule has 1 fully saturated rings. The number of carbonyl (C=O) groups is 2. The van der Waals surface area contributed by atoms with Crippen LogP contribution in [0.4, 0.5) is 0 Å². The lowest BCUT2D eigenvalue weighted by molar-refractivity contribution is -0.128. The summed E-state index contributed by atoms with van der Waals surface area (Å²) in [5, 5.41) is 7.17. The first-order valence-electron chi connectivity index (χ1n) is 9.07. The first-order chi connectivity index (χ1) is 12.4. The van der Waals surface area contributed by atoms with Gasteiger partial charge in [-0.15, -0.1) is 0 Å². The van der Waals surface area contributed by atoms with Crippen molar-refractivity contribution in [1.82, 2.24) is 20.0 Å². The predicted octanol–water partition coefficient (Wildman–Crippen LogP) is 2.72. The quantitative estimate of drug-likeness (QED) is 0.918. The molecule has 138 valence electrons. The Hall–Kier alpha value is -2.63. The molecule has 0 saturated carbocycles. The molecule has 2 aromatic rings. The Morgan fingerprint density at radius 3 is 2.50 bits per heavy atom. The molecular weight excluding hydrogens is 328 g/mol. The lowest BCUT2D eigenvalue weighted by Gasteiger charge is -2.33. The first kappa shape index (κ1) is 18.2. The molecule has 1 aliphatic heterocycles. The van der Waals surface area contributed by atoms with Crippen LogP contribution in [0.25, 0.3) is 11.3 Å². The summed E-state index contributed by atoms with van der Waals surface area (Å²) in [5.41, 5.74) is 3.50. The molecule has 0 unspecified atom stereocenters. The molecule has 1 N–H and O–H groups in total. The van der Waals surface area contributed by atoms with Crippen LogP contribution in [0.3, 0.4) is 0 Å².